The van der Waals surface area contributed by atoms with E-state index < -0.39 is 11.4 Å². The van der Waals surface area contributed by atoms with E-state index >= 15 is 0 Å². The molecule has 1 aliphatic heterocycles. The number of carbonyl (C=O) groups excluding carboxylic acids is 1. The van der Waals surface area contributed by atoms with Crippen LogP contribution in [0.4, 0.5) is 0 Å². The SMILES string of the molecule is CC1=CCN(C(=O)CC(C)(C)CC(=O)O)CC1. The largest absolute Gasteiger partial charge is 0.481 e. The van der Waals surface area contributed by atoms with Gasteiger partial charge in [-0.15, -0.1) is 0 Å². The molecule has 0 atom stereocenters. The second kappa shape index (κ2) is 5.34. The van der Waals surface area contributed by atoms with Crippen molar-refractivity contribution in [3.63, 3.8) is 0 Å². The Hall–Kier alpha value is -1.32. The normalized spacial score (nSPS) is 16.6. The zero-order valence-corrected chi connectivity index (χ0v) is 10.8. The van der Waals surface area contributed by atoms with E-state index in [1.165, 1.54) is 5.57 Å². The van der Waals surface area contributed by atoms with Gasteiger partial charge in [-0.3, -0.25) is 9.59 Å². The lowest BCUT2D eigenvalue weighted by molar-refractivity contribution is -0.140. The summed E-state index contributed by atoms with van der Waals surface area (Å²) in [6, 6.07) is 0. The van der Waals surface area contributed by atoms with Crippen molar-refractivity contribution in [3.8, 4) is 0 Å². The molecule has 1 aliphatic rings. The van der Waals surface area contributed by atoms with Crippen LogP contribution in [0.1, 0.15) is 40.0 Å². The molecule has 4 heteroatoms. The third kappa shape index (κ3) is 4.59. The molecule has 0 aromatic rings. The first-order chi connectivity index (χ1) is 7.80. The van der Waals surface area contributed by atoms with Crippen molar-refractivity contribution in [1.29, 1.82) is 0 Å². The minimum atomic E-state index is -0.850. The highest BCUT2D eigenvalue weighted by molar-refractivity contribution is 5.78. The molecule has 0 unspecified atom stereocenters. The average Bonchev–Trinajstić information content (AvgIpc) is 2.15. The highest BCUT2D eigenvalue weighted by Gasteiger charge is 2.27. The van der Waals surface area contributed by atoms with Crippen LogP contribution in [0.3, 0.4) is 0 Å². The number of carboxylic acid groups (broad SMARTS) is 1. The molecule has 1 heterocycles. The molecular formula is C13H21NO3. The molecule has 4 nitrogen and oxygen atoms in total. The smallest absolute Gasteiger partial charge is 0.303 e. The fourth-order valence-electron chi connectivity index (χ4n) is 1.99. The average molecular weight is 239 g/mol. The lowest BCUT2D eigenvalue weighted by atomic mass is 9.85. The van der Waals surface area contributed by atoms with Crippen molar-refractivity contribution in [2.24, 2.45) is 5.41 Å². The molecule has 0 radical (unpaired) electrons. The van der Waals surface area contributed by atoms with E-state index in [-0.39, 0.29) is 12.3 Å². The Bertz CT molecular complexity index is 345. The standard InChI is InChI=1S/C13H21NO3/c1-10-4-6-14(7-5-10)11(15)8-13(2,3)9-12(16)17/h4H,5-9H2,1-3H3,(H,16,17). The van der Waals surface area contributed by atoms with E-state index in [0.717, 1.165) is 13.0 Å². The highest BCUT2D eigenvalue weighted by atomic mass is 16.4. The molecule has 1 N–H and O–H groups in total. The van der Waals surface area contributed by atoms with Gasteiger partial charge in [0.1, 0.15) is 0 Å². The van der Waals surface area contributed by atoms with Crippen LogP contribution in [0.15, 0.2) is 11.6 Å². The van der Waals surface area contributed by atoms with Crippen LogP contribution in [-0.4, -0.2) is 35.0 Å². The molecule has 0 aromatic carbocycles. The van der Waals surface area contributed by atoms with Crippen molar-refractivity contribution >= 4 is 11.9 Å². The fraction of sp³-hybridized carbons (Fsp3) is 0.692. The van der Waals surface area contributed by atoms with Gasteiger partial charge < -0.3 is 10.0 Å². The molecule has 0 spiro atoms. The Morgan fingerprint density at radius 1 is 1.41 bits per heavy atom. The van der Waals surface area contributed by atoms with Gasteiger partial charge in [-0.2, -0.15) is 0 Å². The summed E-state index contributed by atoms with van der Waals surface area (Å²) < 4.78 is 0. The molecule has 0 bridgehead atoms. The molecule has 1 rings (SSSR count). The number of nitrogens with zero attached hydrogens (tertiary/aromatic N) is 1. The summed E-state index contributed by atoms with van der Waals surface area (Å²) in [6.07, 6.45) is 3.31. The van der Waals surface area contributed by atoms with E-state index in [9.17, 15) is 9.59 Å². The van der Waals surface area contributed by atoms with Crippen LogP contribution in [0.5, 0.6) is 0 Å². The van der Waals surface area contributed by atoms with Crippen molar-refractivity contribution in [1.82, 2.24) is 4.90 Å². The van der Waals surface area contributed by atoms with Gasteiger partial charge in [0.05, 0.1) is 6.42 Å². The summed E-state index contributed by atoms with van der Waals surface area (Å²) in [6.45, 7) is 7.13. The van der Waals surface area contributed by atoms with Crippen molar-refractivity contribution in [2.75, 3.05) is 13.1 Å². The van der Waals surface area contributed by atoms with Crippen LogP contribution < -0.4 is 0 Å². The molecule has 0 saturated heterocycles. The molecule has 1 amide bonds. The number of carboxylic acids is 1. The Balaban J connectivity index is 2.52. The van der Waals surface area contributed by atoms with Gasteiger partial charge in [0.25, 0.3) is 0 Å². The topological polar surface area (TPSA) is 57.6 Å². The summed E-state index contributed by atoms with van der Waals surface area (Å²) in [5, 5.41) is 8.77. The van der Waals surface area contributed by atoms with Gasteiger partial charge in [-0.05, 0) is 18.8 Å². The van der Waals surface area contributed by atoms with Gasteiger partial charge in [-0.1, -0.05) is 25.5 Å². The van der Waals surface area contributed by atoms with Gasteiger partial charge in [0, 0.05) is 19.5 Å². The van der Waals surface area contributed by atoms with Gasteiger partial charge in [0.2, 0.25) is 5.91 Å². The van der Waals surface area contributed by atoms with Crippen LogP contribution in [0.2, 0.25) is 0 Å². The quantitative estimate of drug-likeness (QED) is 0.764. The third-order valence-corrected chi connectivity index (χ3v) is 3.05. The van der Waals surface area contributed by atoms with Gasteiger partial charge in [-0.25, -0.2) is 0 Å². The number of rotatable bonds is 4. The first-order valence-electron chi connectivity index (χ1n) is 5.95. The zero-order chi connectivity index (χ0) is 13.1. The minimum Gasteiger partial charge on any atom is -0.481 e. The number of hydrogen-bond acceptors (Lipinski definition) is 2. The Kier molecular flexibility index (Phi) is 4.32. The van der Waals surface area contributed by atoms with Crippen LogP contribution in [-0.2, 0) is 9.59 Å². The number of hydrogen-bond donors (Lipinski definition) is 1. The van der Waals surface area contributed by atoms with Crippen LogP contribution in [0.25, 0.3) is 0 Å². The first kappa shape index (κ1) is 13.7. The van der Waals surface area contributed by atoms with Crippen molar-refractivity contribution < 1.29 is 14.7 Å². The minimum absolute atomic E-state index is 0.0292. The summed E-state index contributed by atoms with van der Waals surface area (Å²) in [5.41, 5.74) is 0.845. The Morgan fingerprint density at radius 3 is 2.53 bits per heavy atom. The van der Waals surface area contributed by atoms with E-state index in [2.05, 4.69) is 13.0 Å². The van der Waals surface area contributed by atoms with Crippen molar-refractivity contribution in [3.05, 3.63) is 11.6 Å². The molecular weight excluding hydrogens is 218 g/mol. The third-order valence-electron chi connectivity index (χ3n) is 3.05. The van der Waals surface area contributed by atoms with E-state index in [4.69, 9.17) is 5.11 Å². The molecule has 96 valence electrons. The first-order valence-corrected chi connectivity index (χ1v) is 5.95. The Morgan fingerprint density at radius 2 is 2.06 bits per heavy atom. The molecule has 0 aliphatic carbocycles. The molecule has 17 heavy (non-hydrogen) atoms. The summed E-state index contributed by atoms with van der Waals surface area (Å²) in [7, 11) is 0. The van der Waals surface area contributed by atoms with Gasteiger partial charge >= 0.3 is 5.97 Å². The maximum Gasteiger partial charge on any atom is 0.303 e. The second-order valence-electron chi connectivity index (χ2n) is 5.55. The zero-order valence-electron chi connectivity index (χ0n) is 10.8. The van der Waals surface area contributed by atoms with Gasteiger partial charge in [0.15, 0.2) is 0 Å². The maximum absolute atomic E-state index is 12.0. The maximum atomic E-state index is 12.0. The predicted octanol–water partition coefficient (Wildman–Crippen LogP) is 2.06. The monoisotopic (exact) mass is 239 g/mol. The molecule has 0 aromatic heterocycles. The summed E-state index contributed by atoms with van der Waals surface area (Å²) >= 11 is 0. The summed E-state index contributed by atoms with van der Waals surface area (Å²) in [5.74, 6) is -0.794. The van der Waals surface area contributed by atoms with E-state index in [1.54, 1.807) is 4.90 Å². The predicted molar refractivity (Wildman–Crippen MR) is 65.6 cm³/mol. The van der Waals surface area contributed by atoms with Crippen molar-refractivity contribution in [2.45, 2.75) is 40.0 Å². The second-order valence-corrected chi connectivity index (χ2v) is 5.55. The molecule has 0 saturated carbocycles. The van der Waals surface area contributed by atoms with Crippen LogP contribution >= 0.6 is 0 Å². The number of carbonyl (C=O) groups is 2. The summed E-state index contributed by atoms with van der Waals surface area (Å²) in [4.78, 5) is 24.5. The lowest BCUT2D eigenvalue weighted by Gasteiger charge is -2.29. The number of aliphatic carboxylic acids is 1. The molecule has 0 fully saturated rings. The van der Waals surface area contributed by atoms with E-state index in [1.807, 2.05) is 13.8 Å². The van der Waals surface area contributed by atoms with E-state index in [0.29, 0.717) is 13.0 Å². The lowest BCUT2D eigenvalue weighted by Crippen LogP contribution is -2.37. The highest BCUT2D eigenvalue weighted by Crippen LogP contribution is 2.26. The Labute approximate surface area is 102 Å². The number of amides is 1. The van der Waals surface area contributed by atoms with Crippen LogP contribution in [0, 0.1) is 5.41 Å². The fourth-order valence-corrected chi connectivity index (χ4v) is 1.99.